The second-order valence-electron chi connectivity index (χ2n) is 5.11. The van der Waals surface area contributed by atoms with Crippen LogP contribution in [0.4, 0.5) is 0 Å². The van der Waals surface area contributed by atoms with Crippen LogP contribution in [0, 0.1) is 0 Å². The van der Waals surface area contributed by atoms with E-state index in [1.807, 2.05) is 49.1 Å². The summed E-state index contributed by atoms with van der Waals surface area (Å²) in [5.74, 6) is 0. The van der Waals surface area contributed by atoms with Gasteiger partial charge in [-0.1, -0.05) is 30.3 Å². The van der Waals surface area contributed by atoms with Crippen LogP contribution in [0.2, 0.25) is 0 Å². The fraction of sp³-hybridized carbons (Fsp3) is 0.400. The summed E-state index contributed by atoms with van der Waals surface area (Å²) in [6.07, 6.45) is 1.78. The molecule has 0 amide bonds. The fourth-order valence-electron chi connectivity index (χ4n) is 2.11. The first-order valence-corrected chi connectivity index (χ1v) is 7.45. The van der Waals surface area contributed by atoms with Gasteiger partial charge in [0.25, 0.3) is 0 Å². The largest absolute Gasteiger partial charge is 0.386 e. The summed E-state index contributed by atoms with van der Waals surface area (Å²) in [5.41, 5.74) is 1.96. The van der Waals surface area contributed by atoms with Gasteiger partial charge in [-0.2, -0.15) is 5.10 Å². The number of hydrogen-bond acceptors (Lipinski definition) is 3. The Morgan fingerprint density at radius 2 is 2.00 bits per heavy atom. The maximum absolute atomic E-state index is 10.5. The monoisotopic (exact) mass is 337 g/mol. The van der Waals surface area contributed by atoms with Crippen molar-refractivity contribution >= 4 is 15.9 Å². The van der Waals surface area contributed by atoms with Crippen molar-refractivity contribution in [2.45, 2.75) is 19.1 Å². The predicted molar refractivity (Wildman–Crippen MR) is 83.6 cm³/mol. The lowest BCUT2D eigenvalue weighted by Gasteiger charge is -2.16. The molecule has 5 heteroatoms. The highest BCUT2D eigenvalue weighted by Crippen LogP contribution is 2.26. The second kappa shape index (κ2) is 7.02. The molecule has 0 aliphatic carbocycles. The third-order valence-corrected chi connectivity index (χ3v) is 3.79. The third kappa shape index (κ3) is 3.91. The minimum atomic E-state index is -0.559. The molecule has 1 aromatic heterocycles. The molecule has 0 saturated heterocycles. The predicted octanol–water partition coefficient (Wildman–Crippen LogP) is 2.48. The zero-order chi connectivity index (χ0) is 14.5. The minimum Gasteiger partial charge on any atom is -0.386 e. The van der Waals surface area contributed by atoms with Crippen molar-refractivity contribution in [3.05, 3.63) is 52.3 Å². The third-order valence-electron chi connectivity index (χ3n) is 3.18. The molecule has 0 saturated carbocycles. The SMILES string of the molecule is CN(C)CCn1ncc(Br)c1C(O)Cc1ccccc1. The van der Waals surface area contributed by atoms with Crippen LogP contribution in [0.5, 0.6) is 0 Å². The zero-order valence-electron chi connectivity index (χ0n) is 11.8. The number of aromatic nitrogens is 2. The van der Waals surface area contributed by atoms with Crippen molar-refractivity contribution in [1.82, 2.24) is 14.7 Å². The van der Waals surface area contributed by atoms with Crippen LogP contribution in [0.1, 0.15) is 17.4 Å². The van der Waals surface area contributed by atoms with Gasteiger partial charge in [-0.15, -0.1) is 0 Å². The Balaban J connectivity index is 2.12. The van der Waals surface area contributed by atoms with E-state index >= 15 is 0 Å². The summed E-state index contributed by atoms with van der Waals surface area (Å²) in [4.78, 5) is 2.10. The smallest absolute Gasteiger partial charge is 0.101 e. The first kappa shape index (κ1) is 15.2. The summed E-state index contributed by atoms with van der Waals surface area (Å²) in [5, 5.41) is 14.8. The van der Waals surface area contributed by atoms with Gasteiger partial charge in [0.05, 0.1) is 22.9 Å². The summed E-state index contributed by atoms with van der Waals surface area (Å²) >= 11 is 3.48. The number of likely N-dealkylation sites (N-methyl/N-ethyl adjacent to an activating group) is 1. The number of benzene rings is 1. The van der Waals surface area contributed by atoms with Gasteiger partial charge in [0.1, 0.15) is 6.10 Å². The summed E-state index contributed by atoms with van der Waals surface area (Å²) < 4.78 is 2.73. The molecule has 0 bridgehead atoms. The van der Waals surface area contributed by atoms with Gasteiger partial charge in [-0.25, -0.2) is 0 Å². The molecule has 2 rings (SSSR count). The van der Waals surface area contributed by atoms with Gasteiger partial charge in [0, 0.05) is 13.0 Å². The average molecular weight is 338 g/mol. The van der Waals surface area contributed by atoms with Gasteiger partial charge in [0.2, 0.25) is 0 Å². The Bertz CT molecular complexity index is 539. The van der Waals surface area contributed by atoms with Gasteiger partial charge in [0.15, 0.2) is 0 Å². The van der Waals surface area contributed by atoms with E-state index in [2.05, 4.69) is 25.9 Å². The van der Waals surface area contributed by atoms with E-state index in [4.69, 9.17) is 0 Å². The topological polar surface area (TPSA) is 41.3 Å². The van der Waals surface area contributed by atoms with Crippen LogP contribution in [-0.4, -0.2) is 40.4 Å². The van der Waals surface area contributed by atoms with Crippen LogP contribution in [-0.2, 0) is 13.0 Å². The van der Waals surface area contributed by atoms with E-state index in [9.17, 15) is 5.11 Å². The fourth-order valence-corrected chi connectivity index (χ4v) is 2.67. The standard InChI is InChI=1S/C15H20BrN3O/c1-18(2)8-9-19-15(13(16)11-17-19)14(20)10-12-6-4-3-5-7-12/h3-7,11,14,20H,8-10H2,1-2H3. The van der Waals surface area contributed by atoms with E-state index in [0.29, 0.717) is 6.42 Å². The molecular formula is C15H20BrN3O. The number of rotatable bonds is 6. The Morgan fingerprint density at radius 3 is 2.65 bits per heavy atom. The lowest BCUT2D eigenvalue weighted by molar-refractivity contribution is 0.164. The van der Waals surface area contributed by atoms with Crippen LogP contribution < -0.4 is 0 Å². The molecule has 4 nitrogen and oxygen atoms in total. The van der Waals surface area contributed by atoms with E-state index in [-0.39, 0.29) is 0 Å². The van der Waals surface area contributed by atoms with Crippen LogP contribution >= 0.6 is 15.9 Å². The maximum Gasteiger partial charge on any atom is 0.101 e. The van der Waals surface area contributed by atoms with Gasteiger partial charge >= 0.3 is 0 Å². The number of aliphatic hydroxyl groups is 1. The number of hydrogen-bond donors (Lipinski definition) is 1. The number of aliphatic hydroxyl groups excluding tert-OH is 1. The van der Waals surface area contributed by atoms with Gasteiger partial charge in [-0.05, 0) is 35.6 Å². The highest BCUT2D eigenvalue weighted by Gasteiger charge is 2.18. The number of nitrogens with zero attached hydrogens (tertiary/aromatic N) is 3. The second-order valence-corrected chi connectivity index (χ2v) is 5.96. The van der Waals surface area contributed by atoms with Crippen molar-refractivity contribution in [3.8, 4) is 0 Å². The van der Waals surface area contributed by atoms with Crippen molar-refractivity contribution in [3.63, 3.8) is 0 Å². The van der Waals surface area contributed by atoms with E-state index in [0.717, 1.165) is 28.8 Å². The van der Waals surface area contributed by atoms with E-state index < -0.39 is 6.10 Å². The van der Waals surface area contributed by atoms with Crippen LogP contribution in [0.3, 0.4) is 0 Å². The maximum atomic E-state index is 10.5. The first-order valence-electron chi connectivity index (χ1n) is 6.66. The van der Waals surface area contributed by atoms with E-state index in [1.54, 1.807) is 6.20 Å². The molecule has 0 aliphatic heterocycles. The Hall–Kier alpha value is -1.17. The molecule has 20 heavy (non-hydrogen) atoms. The Kier molecular flexibility index (Phi) is 5.34. The molecule has 2 aromatic rings. The van der Waals surface area contributed by atoms with Crippen molar-refractivity contribution in [2.75, 3.05) is 20.6 Å². The summed E-state index contributed by atoms with van der Waals surface area (Å²) in [7, 11) is 4.05. The summed E-state index contributed by atoms with van der Waals surface area (Å²) in [6.45, 7) is 1.65. The van der Waals surface area contributed by atoms with Crippen molar-refractivity contribution in [2.24, 2.45) is 0 Å². The zero-order valence-corrected chi connectivity index (χ0v) is 13.4. The van der Waals surface area contributed by atoms with Crippen molar-refractivity contribution in [1.29, 1.82) is 0 Å². The molecule has 1 heterocycles. The Labute approximate surface area is 128 Å². The highest BCUT2D eigenvalue weighted by molar-refractivity contribution is 9.10. The molecule has 0 spiro atoms. The van der Waals surface area contributed by atoms with Crippen LogP contribution in [0.25, 0.3) is 0 Å². The van der Waals surface area contributed by atoms with Gasteiger partial charge < -0.3 is 10.0 Å². The molecule has 1 unspecified atom stereocenters. The minimum absolute atomic E-state index is 0.559. The molecule has 1 N–H and O–H groups in total. The number of halogens is 1. The average Bonchev–Trinajstić information content (AvgIpc) is 2.78. The molecular weight excluding hydrogens is 318 g/mol. The molecule has 0 fully saturated rings. The lowest BCUT2D eigenvalue weighted by atomic mass is 10.1. The quantitative estimate of drug-likeness (QED) is 0.880. The highest BCUT2D eigenvalue weighted by atomic mass is 79.9. The van der Waals surface area contributed by atoms with Gasteiger partial charge in [-0.3, -0.25) is 4.68 Å². The summed E-state index contributed by atoms with van der Waals surface area (Å²) in [6, 6.07) is 10.0. The molecule has 0 radical (unpaired) electrons. The van der Waals surface area contributed by atoms with E-state index in [1.165, 1.54) is 0 Å². The molecule has 108 valence electrons. The first-order chi connectivity index (χ1) is 9.58. The molecule has 1 aromatic carbocycles. The Morgan fingerprint density at radius 1 is 1.30 bits per heavy atom. The molecule has 1 atom stereocenters. The molecule has 0 aliphatic rings. The normalized spacial score (nSPS) is 12.8. The van der Waals surface area contributed by atoms with Crippen LogP contribution in [0.15, 0.2) is 41.0 Å². The van der Waals surface area contributed by atoms with Crippen molar-refractivity contribution < 1.29 is 5.11 Å². The lowest BCUT2D eigenvalue weighted by Crippen LogP contribution is -2.21.